The maximum atomic E-state index is 2.36. The van der Waals surface area contributed by atoms with Gasteiger partial charge in [-0.25, -0.2) is 0 Å². The predicted molar refractivity (Wildman–Crippen MR) is 36.2 cm³/mol. The first kappa shape index (κ1) is 5.69. The molecule has 3 aliphatic rings. The third-order valence-corrected chi connectivity index (χ3v) is 2.62. The molecule has 0 unspecified atom stereocenters. The summed E-state index contributed by atoms with van der Waals surface area (Å²) in [5.74, 6) is 0. The SMILES string of the molecule is CCC[N+]12C[N+](C)(C1)C2. The summed E-state index contributed by atoms with van der Waals surface area (Å²) >= 11 is 0. The minimum Gasteiger partial charge on any atom is -0.187 e. The molecule has 0 aromatic rings. The van der Waals surface area contributed by atoms with Crippen LogP contribution in [0.2, 0.25) is 0 Å². The average molecular weight is 128 g/mol. The van der Waals surface area contributed by atoms with Crippen molar-refractivity contribution in [3.63, 3.8) is 0 Å². The number of nitrogens with zero attached hydrogens (tertiary/aromatic N) is 2. The molecule has 0 spiro atoms. The minimum absolute atomic E-state index is 1.36. The number of rotatable bonds is 2. The van der Waals surface area contributed by atoms with E-state index >= 15 is 0 Å². The monoisotopic (exact) mass is 128 g/mol. The molecule has 0 saturated carbocycles. The van der Waals surface area contributed by atoms with E-state index in [-0.39, 0.29) is 0 Å². The van der Waals surface area contributed by atoms with E-state index in [0.717, 1.165) is 0 Å². The normalized spacial score (nSPS) is 54.0. The Morgan fingerprint density at radius 2 is 1.78 bits per heavy atom. The van der Waals surface area contributed by atoms with Crippen LogP contribution in [0, 0.1) is 0 Å². The lowest BCUT2D eigenvalue weighted by Crippen LogP contribution is -2.93. The molecule has 3 rings (SSSR count). The van der Waals surface area contributed by atoms with Crippen LogP contribution in [0.3, 0.4) is 0 Å². The van der Waals surface area contributed by atoms with Crippen LogP contribution in [-0.2, 0) is 0 Å². The average Bonchev–Trinajstić information content (AvgIpc) is 1.60. The summed E-state index contributed by atoms with van der Waals surface area (Å²) < 4.78 is 2.80. The molecule has 0 atom stereocenters. The highest BCUT2D eigenvalue weighted by molar-refractivity contribution is 4.49. The zero-order chi connectivity index (χ0) is 6.54. The van der Waals surface area contributed by atoms with E-state index in [1.54, 1.807) is 0 Å². The highest BCUT2D eigenvalue weighted by atomic mass is 15.8. The second-order valence-corrected chi connectivity index (χ2v) is 4.11. The van der Waals surface area contributed by atoms with Crippen LogP contribution in [0.25, 0.3) is 0 Å². The maximum Gasteiger partial charge on any atom is 0.225 e. The molecular weight excluding hydrogens is 112 g/mol. The Balaban J connectivity index is 1.90. The van der Waals surface area contributed by atoms with Gasteiger partial charge in [0.15, 0.2) is 0 Å². The number of quaternary nitrogens is 2. The molecule has 3 saturated heterocycles. The van der Waals surface area contributed by atoms with E-state index in [1.165, 1.54) is 41.9 Å². The van der Waals surface area contributed by atoms with Crippen molar-refractivity contribution in [2.75, 3.05) is 33.6 Å². The lowest BCUT2D eigenvalue weighted by molar-refractivity contribution is -1.42. The van der Waals surface area contributed by atoms with Gasteiger partial charge >= 0.3 is 0 Å². The van der Waals surface area contributed by atoms with Crippen molar-refractivity contribution < 1.29 is 8.97 Å². The molecule has 0 radical (unpaired) electrons. The summed E-state index contributed by atoms with van der Waals surface area (Å²) in [5, 5.41) is 0. The highest BCUT2D eigenvalue weighted by Crippen LogP contribution is 2.40. The second-order valence-electron chi connectivity index (χ2n) is 4.11. The Labute approximate surface area is 56.9 Å². The van der Waals surface area contributed by atoms with Crippen molar-refractivity contribution in [2.24, 2.45) is 0 Å². The van der Waals surface area contributed by atoms with E-state index in [1.807, 2.05) is 0 Å². The molecular formula is C7H16N2+2. The van der Waals surface area contributed by atoms with Gasteiger partial charge in [0.25, 0.3) is 0 Å². The van der Waals surface area contributed by atoms with Gasteiger partial charge in [0.2, 0.25) is 20.0 Å². The molecule has 0 N–H and O–H groups in total. The molecule has 9 heavy (non-hydrogen) atoms. The van der Waals surface area contributed by atoms with Crippen LogP contribution in [0.15, 0.2) is 0 Å². The Bertz CT molecular complexity index is 116. The van der Waals surface area contributed by atoms with E-state index in [9.17, 15) is 0 Å². The van der Waals surface area contributed by atoms with Crippen molar-refractivity contribution >= 4 is 0 Å². The van der Waals surface area contributed by atoms with Crippen LogP contribution >= 0.6 is 0 Å². The molecule has 0 aliphatic carbocycles. The van der Waals surface area contributed by atoms with Gasteiger partial charge < -0.3 is 0 Å². The van der Waals surface area contributed by atoms with Gasteiger partial charge in [-0.15, -0.1) is 0 Å². The maximum absolute atomic E-state index is 2.36. The van der Waals surface area contributed by atoms with E-state index < -0.39 is 0 Å². The first-order valence-corrected chi connectivity index (χ1v) is 3.87. The number of hydrogen-bond donors (Lipinski definition) is 0. The van der Waals surface area contributed by atoms with E-state index in [0.29, 0.717) is 0 Å². The summed E-state index contributed by atoms with van der Waals surface area (Å²) in [6, 6.07) is 0. The predicted octanol–water partition coefficient (Wildman–Crippen LogP) is 0.559. The first-order valence-electron chi connectivity index (χ1n) is 3.87. The van der Waals surface area contributed by atoms with Gasteiger partial charge in [0.1, 0.15) is 0 Å². The van der Waals surface area contributed by atoms with E-state index in [2.05, 4.69) is 14.0 Å². The van der Waals surface area contributed by atoms with Crippen LogP contribution in [0.4, 0.5) is 0 Å². The molecule has 3 heterocycles. The fourth-order valence-electron chi connectivity index (χ4n) is 2.74. The quantitative estimate of drug-likeness (QED) is 0.477. The highest BCUT2D eigenvalue weighted by Gasteiger charge is 2.68. The second kappa shape index (κ2) is 1.32. The van der Waals surface area contributed by atoms with Gasteiger partial charge in [-0.3, -0.25) is 0 Å². The molecule has 0 aromatic heterocycles. The first-order chi connectivity index (χ1) is 4.18. The van der Waals surface area contributed by atoms with Crippen LogP contribution < -0.4 is 0 Å². The lowest BCUT2D eigenvalue weighted by Gasteiger charge is -2.66. The molecule has 0 amide bonds. The summed E-state index contributed by atoms with van der Waals surface area (Å²) in [4.78, 5) is 0. The molecule has 2 heteroatoms. The molecule has 0 aromatic carbocycles. The fourth-order valence-corrected chi connectivity index (χ4v) is 2.74. The molecule has 3 fully saturated rings. The number of hydrogen-bond acceptors (Lipinski definition) is 0. The van der Waals surface area contributed by atoms with Crippen molar-refractivity contribution in [3.05, 3.63) is 0 Å². The summed E-state index contributed by atoms with van der Waals surface area (Å²) in [7, 11) is 2.36. The Morgan fingerprint density at radius 3 is 2.11 bits per heavy atom. The van der Waals surface area contributed by atoms with Crippen molar-refractivity contribution in [3.8, 4) is 0 Å². The summed E-state index contributed by atoms with van der Waals surface area (Å²) in [6.07, 6.45) is 1.36. The topological polar surface area (TPSA) is 0 Å². The van der Waals surface area contributed by atoms with Gasteiger partial charge in [0.05, 0.1) is 13.6 Å². The fraction of sp³-hybridized carbons (Fsp3) is 1.00. The Morgan fingerprint density at radius 1 is 1.22 bits per heavy atom. The smallest absolute Gasteiger partial charge is 0.187 e. The van der Waals surface area contributed by atoms with E-state index in [4.69, 9.17) is 0 Å². The standard InChI is InChI=1S/C7H16N2/c1-3-4-9-5-8(2,6-9)7-9/h3-7H2,1-2H3/q+2. The Kier molecular flexibility index (Phi) is 0.837. The van der Waals surface area contributed by atoms with Gasteiger partial charge in [0, 0.05) is 0 Å². The zero-order valence-corrected chi connectivity index (χ0v) is 6.43. The molecule has 52 valence electrons. The minimum atomic E-state index is 1.36. The third-order valence-electron chi connectivity index (χ3n) is 2.62. The Hall–Kier alpha value is -0.0800. The van der Waals surface area contributed by atoms with Crippen molar-refractivity contribution in [2.45, 2.75) is 13.3 Å². The van der Waals surface area contributed by atoms with Crippen LogP contribution in [0.1, 0.15) is 13.3 Å². The largest absolute Gasteiger partial charge is 0.225 e. The van der Waals surface area contributed by atoms with Crippen LogP contribution in [0.5, 0.6) is 0 Å². The lowest BCUT2D eigenvalue weighted by atomic mass is 10.1. The molecule has 2 nitrogen and oxygen atoms in total. The van der Waals surface area contributed by atoms with Gasteiger partial charge in [-0.1, -0.05) is 6.92 Å². The summed E-state index contributed by atoms with van der Waals surface area (Å²) in [6.45, 7) is 7.98. The molecule has 3 aliphatic heterocycles. The van der Waals surface area contributed by atoms with Gasteiger partial charge in [-0.05, 0) is 6.42 Å². The van der Waals surface area contributed by atoms with Crippen molar-refractivity contribution in [1.82, 2.24) is 0 Å². The zero-order valence-electron chi connectivity index (χ0n) is 6.43. The summed E-state index contributed by atoms with van der Waals surface area (Å²) in [5.41, 5.74) is 0. The molecule has 2 bridgehead atoms. The van der Waals surface area contributed by atoms with Crippen molar-refractivity contribution in [1.29, 1.82) is 0 Å². The van der Waals surface area contributed by atoms with Gasteiger partial charge in [-0.2, -0.15) is 8.97 Å². The third kappa shape index (κ3) is 0.578. The van der Waals surface area contributed by atoms with Crippen LogP contribution in [-0.4, -0.2) is 42.6 Å².